The van der Waals surface area contributed by atoms with Crippen LogP contribution in [0, 0.1) is 29.1 Å². The number of nitrogens with zero attached hydrogens (tertiary/aromatic N) is 3. The van der Waals surface area contributed by atoms with E-state index in [2.05, 4.69) is 105 Å². The van der Waals surface area contributed by atoms with Crippen molar-refractivity contribution in [2.45, 2.75) is 78.4 Å². The normalized spacial score (nSPS) is 29.5. The van der Waals surface area contributed by atoms with Gasteiger partial charge in [-0.15, -0.1) is 0 Å². The van der Waals surface area contributed by atoms with Crippen molar-refractivity contribution in [3.63, 3.8) is 0 Å². The lowest BCUT2D eigenvalue weighted by Gasteiger charge is -2.62. The summed E-state index contributed by atoms with van der Waals surface area (Å²) in [7, 11) is 4.23. The number of rotatable bonds is 12. The second kappa shape index (κ2) is 13.1. The zero-order chi connectivity index (χ0) is 30.0. The number of aliphatic hydroxyl groups excluding tert-OH is 1. The van der Waals surface area contributed by atoms with Crippen LogP contribution in [0.3, 0.4) is 0 Å². The summed E-state index contributed by atoms with van der Waals surface area (Å²) in [6, 6.07) is 18.9. The molecule has 4 fully saturated rings. The number of aliphatic hydroxyl groups is 1. The lowest BCUT2D eigenvalue weighted by molar-refractivity contribution is -0.161. The van der Waals surface area contributed by atoms with Crippen molar-refractivity contribution in [1.82, 2.24) is 20.2 Å². The Kier molecular flexibility index (Phi) is 9.75. The van der Waals surface area contributed by atoms with E-state index in [-0.39, 0.29) is 17.9 Å². The van der Waals surface area contributed by atoms with E-state index in [9.17, 15) is 9.90 Å². The average molecular weight is 577 g/mol. The highest BCUT2D eigenvalue weighted by atomic mass is 16.7. The molecule has 2 aromatic rings. The number of hydroxylamine groups is 2. The minimum absolute atomic E-state index is 0.0109. The summed E-state index contributed by atoms with van der Waals surface area (Å²) in [6.45, 7) is 13.4. The quantitative estimate of drug-likeness (QED) is 0.387. The van der Waals surface area contributed by atoms with E-state index in [1.807, 2.05) is 5.06 Å². The van der Waals surface area contributed by atoms with Crippen LogP contribution in [0.4, 0.5) is 0 Å². The Morgan fingerprint density at radius 2 is 1.74 bits per heavy atom. The van der Waals surface area contributed by atoms with Gasteiger partial charge in [-0.25, -0.2) is 0 Å². The Labute approximate surface area is 253 Å². The molecule has 1 saturated heterocycles. The fourth-order valence-corrected chi connectivity index (χ4v) is 7.71. The van der Waals surface area contributed by atoms with Gasteiger partial charge < -0.3 is 15.3 Å². The number of hydrogen-bond donors (Lipinski definition) is 2. The molecule has 0 aromatic heterocycles. The summed E-state index contributed by atoms with van der Waals surface area (Å²) in [4.78, 5) is 24.6. The Morgan fingerprint density at radius 3 is 2.40 bits per heavy atom. The van der Waals surface area contributed by atoms with Crippen molar-refractivity contribution in [3.05, 3.63) is 71.3 Å². The van der Waals surface area contributed by atoms with E-state index in [0.29, 0.717) is 36.3 Å². The second-order valence-corrected chi connectivity index (χ2v) is 14.1. The van der Waals surface area contributed by atoms with Crippen LogP contribution < -0.4 is 5.32 Å². The topological polar surface area (TPSA) is 68.3 Å². The van der Waals surface area contributed by atoms with Gasteiger partial charge in [-0.1, -0.05) is 75.4 Å². The van der Waals surface area contributed by atoms with Crippen molar-refractivity contribution in [3.8, 4) is 0 Å². The van der Waals surface area contributed by atoms with Gasteiger partial charge in [0.05, 0.1) is 19.3 Å². The summed E-state index contributed by atoms with van der Waals surface area (Å²) in [5.74, 6) is 1.52. The Morgan fingerprint density at radius 1 is 1.05 bits per heavy atom. The van der Waals surface area contributed by atoms with E-state index in [1.165, 1.54) is 17.5 Å². The minimum Gasteiger partial charge on any atom is -0.393 e. The molecule has 3 saturated carbocycles. The van der Waals surface area contributed by atoms with Crippen LogP contribution in [0.25, 0.3) is 0 Å². The Bertz CT molecular complexity index is 1190. The number of amides is 1. The first kappa shape index (κ1) is 31.1. The molecular formula is C35H52N4O3. The smallest absolute Gasteiger partial charge is 0.240 e. The van der Waals surface area contributed by atoms with Gasteiger partial charge >= 0.3 is 0 Å². The molecule has 230 valence electrons. The third kappa shape index (κ3) is 6.92. The van der Waals surface area contributed by atoms with E-state index in [1.54, 1.807) is 6.92 Å². The van der Waals surface area contributed by atoms with E-state index < -0.39 is 12.1 Å². The molecule has 0 spiro atoms. The van der Waals surface area contributed by atoms with Crippen molar-refractivity contribution < 1.29 is 14.7 Å². The molecule has 1 heterocycles. The first-order valence-electron chi connectivity index (χ1n) is 15.9. The number of carbonyl (C=O) groups is 1. The largest absolute Gasteiger partial charge is 0.393 e. The molecule has 42 heavy (non-hydrogen) atoms. The van der Waals surface area contributed by atoms with Gasteiger partial charge in [-0.3, -0.25) is 14.5 Å². The molecule has 2 N–H and O–H groups in total. The summed E-state index contributed by atoms with van der Waals surface area (Å²) in [5.41, 5.74) is 4.04. The highest BCUT2D eigenvalue weighted by Crippen LogP contribution is 2.61. The number of carbonyl (C=O) groups excluding carboxylic acids is 1. The maximum atomic E-state index is 13.8. The summed E-state index contributed by atoms with van der Waals surface area (Å²) in [5, 5.41) is 15.8. The van der Waals surface area contributed by atoms with Gasteiger partial charge in [-0.05, 0) is 73.7 Å². The summed E-state index contributed by atoms with van der Waals surface area (Å²) < 4.78 is 0. The number of benzene rings is 2. The van der Waals surface area contributed by atoms with E-state index in [4.69, 9.17) is 4.84 Å². The molecule has 2 bridgehead atoms. The fraction of sp³-hybridized carbons (Fsp3) is 0.629. The van der Waals surface area contributed by atoms with Crippen LogP contribution in [0.1, 0.15) is 57.2 Å². The number of likely N-dealkylation sites (N-methyl/N-ethyl adjacent to an activating group) is 1. The Hall–Kier alpha value is -2.29. The fourth-order valence-electron chi connectivity index (χ4n) is 7.71. The van der Waals surface area contributed by atoms with Crippen molar-refractivity contribution >= 4 is 5.91 Å². The van der Waals surface area contributed by atoms with Gasteiger partial charge in [0.15, 0.2) is 0 Å². The molecule has 4 aliphatic rings. The number of hydrogen-bond acceptors (Lipinski definition) is 6. The van der Waals surface area contributed by atoms with Crippen LogP contribution in [-0.2, 0) is 29.3 Å². The monoisotopic (exact) mass is 576 g/mol. The molecule has 1 amide bonds. The van der Waals surface area contributed by atoms with E-state index >= 15 is 0 Å². The van der Waals surface area contributed by atoms with Crippen LogP contribution in [0.5, 0.6) is 0 Å². The summed E-state index contributed by atoms with van der Waals surface area (Å²) in [6.07, 6.45) is 1.69. The first-order valence-corrected chi connectivity index (χ1v) is 15.9. The van der Waals surface area contributed by atoms with Gasteiger partial charge in [0.2, 0.25) is 5.91 Å². The second-order valence-electron chi connectivity index (χ2n) is 14.1. The zero-order valence-electron chi connectivity index (χ0n) is 26.5. The maximum Gasteiger partial charge on any atom is 0.240 e. The van der Waals surface area contributed by atoms with Crippen LogP contribution in [-0.4, -0.2) is 77.9 Å². The number of nitrogens with one attached hydrogen (secondary N) is 1. The average Bonchev–Trinajstić information content (AvgIpc) is 3.37. The van der Waals surface area contributed by atoms with Crippen molar-refractivity contribution in [1.29, 1.82) is 0 Å². The molecule has 3 aliphatic carbocycles. The number of fused-ring (bicyclic) bond motifs is 2. The molecule has 6 rings (SSSR count). The van der Waals surface area contributed by atoms with Crippen molar-refractivity contribution in [2.75, 3.05) is 33.8 Å². The lowest BCUT2D eigenvalue weighted by atomic mass is 9.45. The molecule has 0 radical (unpaired) electrons. The van der Waals surface area contributed by atoms with Gasteiger partial charge in [0.1, 0.15) is 6.04 Å². The van der Waals surface area contributed by atoms with Crippen LogP contribution >= 0.6 is 0 Å². The van der Waals surface area contributed by atoms with Crippen LogP contribution in [0.15, 0.2) is 54.6 Å². The first-order chi connectivity index (χ1) is 20.0. The highest BCUT2D eigenvalue weighted by molar-refractivity contribution is 5.82. The molecule has 7 atom stereocenters. The minimum atomic E-state index is -0.628. The highest BCUT2D eigenvalue weighted by Gasteiger charge is 2.57. The van der Waals surface area contributed by atoms with Crippen molar-refractivity contribution in [2.24, 2.45) is 29.1 Å². The van der Waals surface area contributed by atoms with Gasteiger partial charge in [0.25, 0.3) is 0 Å². The van der Waals surface area contributed by atoms with E-state index in [0.717, 1.165) is 38.2 Å². The third-order valence-corrected chi connectivity index (χ3v) is 10.6. The molecule has 1 unspecified atom stereocenters. The summed E-state index contributed by atoms with van der Waals surface area (Å²) >= 11 is 0. The standard InChI is InChI=1S/C35H52N4O3/c1-24-31-18-29(35(31,3)4)19-32(24)36-34(41)33-30(25(2)40)23-42-39(33)22-28-14-10-13-27(17-28)21-38(16-15-37(5)6)20-26-11-8-7-9-12-26/h7-14,17,24-25,29-33,40H,15-16,18-23H2,1-6H3,(H,36,41)/t24-,25-,29?,30-,31-,32-,33-/m0/s1. The lowest BCUT2D eigenvalue weighted by Crippen LogP contribution is -2.62. The third-order valence-electron chi connectivity index (χ3n) is 10.6. The molecular weight excluding hydrogens is 524 g/mol. The molecule has 1 aliphatic heterocycles. The predicted octanol–water partition coefficient (Wildman–Crippen LogP) is 4.55. The van der Waals surface area contributed by atoms with Gasteiger partial charge in [-0.2, -0.15) is 5.06 Å². The SMILES string of the molecule is C[C@@H]1[C@@H](NC(=O)[C@@H]2[C@H]([C@H](C)O)CON2Cc2cccc(CN(CCN(C)C)Cc3ccccc3)c2)CC2C[C@@H]1C2(C)C. The molecule has 2 aromatic carbocycles. The zero-order valence-corrected chi connectivity index (χ0v) is 26.5. The Balaban J connectivity index is 1.26. The molecule has 7 heteroatoms. The maximum absolute atomic E-state index is 13.8. The predicted molar refractivity (Wildman–Crippen MR) is 167 cm³/mol. The van der Waals surface area contributed by atoms with Crippen LogP contribution in [0.2, 0.25) is 0 Å². The molecule has 7 nitrogen and oxygen atoms in total. The van der Waals surface area contributed by atoms with Gasteiger partial charge in [0, 0.05) is 38.1 Å².